The molecule has 1 aliphatic heterocycles. The largest absolute Gasteiger partial charge is 0.463 e. The minimum absolute atomic E-state index is 0.0208. The van der Waals surface area contributed by atoms with Crippen LogP contribution < -0.4 is 5.56 Å². The van der Waals surface area contributed by atoms with Gasteiger partial charge >= 0.3 is 0 Å². The highest BCUT2D eigenvalue weighted by Crippen LogP contribution is 2.20. The first-order valence-corrected chi connectivity index (χ1v) is 8.32. The minimum atomic E-state index is -0.273. The summed E-state index contributed by atoms with van der Waals surface area (Å²) in [6, 6.07) is 3.74. The van der Waals surface area contributed by atoms with E-state index in [1.165, 1.54) is 4.68 Å². The highest BCUT2D eigenvalue weighted by molar-refractivity contribution is 5.82. The number of carbonyl (C=O) groups excluding carboxylic acids is 1. The summed E-state index contributed by atoms with van der Waals surface area (Å²) in [5.74, 6) is 0.608. The van der Waals surface area contributed by atoms with Crippen molar-refractivity contribution in [1.29, 1.82) is 0 Å². The maximum atomic E-state index is 12.7. The van der Waals surface area contributed by atoms with Crippen LogP contribution in [0.15, 0.2) is 27.6 Å². The molecule has 4 heterocycles. The lowest BCUT2D eigenvalue weighted by Gasteiger charge is -2.33. The zero-order valence-corrected chi connectivity index (χ0v) is 13.9. The smallest absolute Gasteiger partial charge is 0.291 e. The zero-order chi connectivity index (χ0) is 16.8. The van der Waals surface area contributed by atoms with Gasteiger partial charge in [-0.15, -0.1) is 0 Å². The van der Waals surface area contributed by atoms with Gasteiger partial charge in [-0.1, -0.05) is 0 Å². The number of fused-ring (bicyclic) bond motifs is 3. The molecule has 0 saturated carbocycles. The third kappa shape index (κ3) is 2.23. The highest BCUT2D eigenvalue weighted by atomic mass is 16.3. The van der Waals surface area contributed by atoms with Gasteiger partial charge in [0.15, 0.2) is 5.58 Å². The van der Waals surface area contributed by atoms with Gasteiger partial charge in [0.1, 0.15) is 17.9 Å². The van der Waals surface area contributed by atoms with Gasteiger partial charge in [-0.3, -0.25) is 14.0 Å². The normalized spacial score (nSPS) is 18.6. The first-order chi connectivity index (χ1) is 11.6. The minimum Gasteiger partial charge on any atom is -0.463 e. The molecule has 3 aromatic heterocycles. The first-order valence-electron chi connectivity index (χ1n) is 8.32. The van der Waals surface area contributed by atoms with E-state index in [9.17, 15) is 9.59 Å². The lowest BCUT2D eigenvalue weighted by Crippen LogP contribution is -2.45. The van der Waals surface area contributed by atoms with Gasteiger partial charge in [-0.05, 0) is 33.1 Å². The number of nitrogens with zero attached hydrogens (tertiary/aromatic N) is 4. The average Bonchev–Trinajstić information content (AvgIpc) is 3.13. The molecule has 0 radical (unpaired) electrons. The second-order valence-corrected chi connectivity index (χ2v) is 6.48. The molecule has 0 aromatic carbocycles. The molecule has 1 unspecified atom stereocenters. The van der Waals surface area contributed by atoms with Gasteiger partial charge in [0.2, 0.25) is 5.91 Å². The van der Waals surface area contributed by atoms with E-state index in [2.05, 4.69) is 12.0 Å². The number of likely N-dealkylation sites (tertiary alicyclic amines) is 1. The molecule has 1 atom stereocenters. The highest BCUT2D eigenvalue weighted by Gasteiger charge is 2.24. The van der Waals surface area contributed by atoms with Crippen LogP contribution in [0.4, 0.5) is 0 Å². The third-order valence-corrected chi connectivity index (χ3v) is 4.87. The molecule has 0 bridgehead atoms. The summed E-state index contributed by atoms with van der Waals surface area (Å²) in [4.78, 5) is 27.2. The Hall–Kier alpha value is -2.57. The van der Waals surface area contributed by atoms with Crippen LogP contribution in [0.5, 0.6) is 0 Å². The molecular weight excluding hydrogens is 308 g/mol. The Kier molecular flexibility index (Phi) is 3.44. The van der Waals surface area contributed by atoms with Crippen molar-refractivity contribution in [2.24, 2.45) is 0 Å². The van der Waals surface area contributed by atoms with E-state index in [4.69, 9.17) is 4.42 Å². The van der Waals surface area contributed by atoms with Crippen LogP contribution in [0.3, 0.4) is 0 Å². The molecule has 24 heavy (non-hydrogen) atoms. The van der Waals surface area contributed by atoms with E-state index >= 15 is 0 Å². The fraction of sp³-hybridized carbons (Fsp3) is 0.471. The summed E-state index contributed by atoms with van der Waals surface area (Å²) in [6.45, 7) is 4.62. The number of aromatic nitrogens is 3. The van der Waals surface area contributed by atoms with Gasteiger partial charge in [-0.25, -0.2) is 4.68 Å². The summed E-state index contributed by atoms with van der Waals surface area (Å²) in [7, 11) is 0. The van der Waals surface area contributed by atoms with Crippen molar-refractivity contribution in [2.45, 2.75) is 45.7 Å². The molecule has 0 spiro atoms. The van der Waals surface area contributed by atoms with Crippen molar-refractivity contribution in [3.05, 3.63) is 34.6 Å². The Morgan fingerprint density at radius 3 is 3.00 bits per heavy atom. The van der Waals surface area contributed by atoms with Gasteiger partial charge in [0, 0.05) is 24.7 Å². The Morgan fingerprint density at radius 2 is 2.21 bits per heavy atom. The predicted molar refractivity (Wildman–Crippen MR) is 89.0 cm³/mol. The molecule has 1 aliphatic rings. The summed E-state index contributed by atoms with van der Waals surface area (Å²) in [6.07, 6.45) is 4.77. The lowest BCUT2D eigenvalue weighted by atomic mass is 10.0. The standard InChI is InChI=1S/C17H20N4O3/c1-11-5-3-4-7-19(11)16(22)10-20-17(23)14-9-15-13(6-8-24-15)21(14)12(2)18-20/h6,8-9,11H,3-5,7,10H2,1-2H3. The molecule has 7 nitrogen and oxygen atoms in total. The monoisotopic (exact) mass is 328 g/mol. The van der Waals surface area contributed by atoms with Crippen LogP contribution in [-0.4, -0.2) is 37.6 Å². The van der Waals surface area contributed by atoms with Crippen molar-refractivity contribution < 1.29 is 9.21 Å². The Bertz CT molecular complexity index is 981. The van der Waals surface area contributed by atoms with Gasteiger partial charge in [0.05, 0.1) is 11.8 Å². The fourth-order valence-corrected chi connectivity index (χ4v) is 3.62. The van der Waals surface area contributed by atoms with Crippen LogP contribution >= 0.6 is 0 Å². The van der Waals surface area contributed by atoms with Gasteiger partial charge < -0.3 is 9.32 Å². The van der Waals surface area contributed by atoms with Crippen LogP contribution in [0.25, 0.3) is 16.6 Å². The lowest BCUT2D eigenvalue weighted by molar-refractivity contribution is -0.135. The molecule has 4 rings (SSSR count). The Balaban J connectivity index is 1.73. The van der Waals surface area contributed by atoms with Crippen LogP contribution in [0.2, 0.25) is 0 Å². The number of aryl methyl sites for hydroxylation is 1. The molecular formula is C17H20N4O3. The molecule has 3 aromatic rings. The number of hydrogen-bond acceptors (Lipinski definition) is 4. The quantitative estimate of drug-likeness (QED) is 0.721. The molecule has 0 N–H and O–H groups in total. The van der Waals surface area contributed by atoms with Crippen molar-refractivity contribution in [2.75, 3.05) is 6.54 Å². The van der Waals surface area contributed by atoms with Crippen LogP contribution in [0.1, 0.15) is 32.0 Å². The predicted octanol–water partition coefficient (Wildman–Crippen LogP) is 1.95. The maximum Gasteiger partial charge on any atom is 0.291 e. The third-order valence-electron chi connectivity index (χ3n) is 4.87. The van der Waals surface area contributed by atoms with Crippen LogP contribution in [0, 0.1) is 6.92 Å². The summed E-state index contributed by atoms with van der Waals surface area (Å²) in [5, 5.41) is 4.34. The average molecular weight is 328 g/mol. The van der Waals surface area contributed by atoms with Crippen LogP contribution in [-0.2, 0) is 11.3 Å². The second kappa shape index (κ2) is 5.51. The summed E-state index contributed by atoms with van der Waals surface area (Å²) in [5.41, 5.74) is 1.67. The number of piperidine rings is 1. The van der Waals surface area contributed by atoms with Gasteiger partial charge in [0.25, 0.3) is 5.56 Å². The van der Waals surface area contributed by atoms with E-state index in [0.29, 0.717) is 16.9 Å². The molecule has 1 fully saturated rings. The Morgan fingerprint density at radius 1 is 1.38 bits per heavy atom. The topological polar surface area (TPSA) is 72.8 Å². The van der Waals surface area contributed by atoms with E-state index in [-0.39, 0.29) is 24.1 Å². The first kappa shape index (κ1) is 15.0. The molecule has 126 valence electrons. The van der Waals surface area contributed by atoms with E-state index in [1.807, 2.05) is 11.8 Å². The van der Waals surface area contributed by atoms with Gasteiger partial charge in [-0.2, -0.15) is 5.10 Å². The summed E-state index contributed by atoms with van der Waals surface area (Å²) >= 11 is 0. The SMILES string of the molecule is Cc1nn(CC(=O)N2CCCCC2C)c(=O)c2cc3occc3n12. The number of rotatable bonds is 2. The summed E-state index contributed by atoms with van der Waals surface area (Å²) < 4.78 is 8.41. The van der Waals surface area contributed by atoms with Crippen molar-refractivity contribution in [3.63, 3.8) is 0 Å². The van der Waals surface area contributed by atoms with E-state index < -0.39 is 0 Å². The number of amides is 1. The molecule has 7 heteroatoms. The zero-order valence-electron chi connectivity index (χ0n) is 13.9. The van der Waals surface area contributed by atoms with Crippen molar-refractivity contribution in [1.82, 2.24) is 19.1 Å². The number of hydrogen-bond donors (Lipinski definition) is 0. The maximum absolute atomic E-state index is 12.7. The molecule has 0 aliphatic carbocycles. The van der Waals surface area contributed by atoms with Crippen molar-refractivity contribution >= 4 is 22.5 Å². The molecule has 1 saturated heterocycles. The number of furan rings is 1. The Labute approximate surface area is 138 Å². The number of carbonyl (C=O) groups is 1. The second-order valence-electron chi connectivity index (χ2n) is 6.48. The molecule has 1 amide bonds. The van der Waals surface area contributed by atoms with E-state index in [1.54, 1.807) is 22.8 Å². The fourth-order valence-electron chi connectivity index (χ4n) is 3.62. The van der Waals surface area contributed by atoms with Crippen molar-refractivity contribution in [3.8, 4) is 0 Å². The van der Waals surface area contributed by atoms with E-state index in [0.717, 1.165) is 31.3 Å².